The zero-order valence-electron chi connectivity index (χ0n) is 32.3. The van der Waals surface area contributed by atoms with Crippen molar-refractivity contribution in [2.24, 2.45) is 23.2 Å². The molecule has 4 rings (SSSR count). The number of hydrogen-bond donors (Lipinski definition) is 3. The Morgan fingerprint density at radius 2 is 1.53 bits per heavy atom. The molecule has 16 atom stereocenters. The third kappa shape index (κ3) is 7.88. The summed E-state index contributed by atoms with van der Waals surface area (Å²) in [6, 6.07) is -0.207. The van der Waals surface area contributed by atoms with Gasteiger partial charge in [0, 0.05) is 43.2 Å². The Labute approximate surface area is 293 Å². The molecule has 0 aromatic rings. The van der Waals surface area contributed by atoms with E-state index >= 15 is 0 Å². The number of nitrogens with zero attached hydrogens (tertiary/aromatic N) is 1. The van der Waals surface area contributed by atoms with Crippen LogP contribution in [-0.2, 0) is 38.0 Å². The summed E-state index contributed by atoms with van der Waals surface area (Å²) in [5, 5.41) is 34.2. The fraction of sp³-hybridized carbons (Fsp3) is 0.919. The predicted molar refractivity (Wildman–Crippen MR) is 182 cm³/mol. The van der Waals surface area contributed by atoms with Gasteiger partial charge in [-0.05, 0) is 74.6 Å². The average molecular weight is 700 g/mol. The van der Waals surface area contributed by atoms with Crippen LogP contribution in [0, 0.1) is 23.2 Å². The van der Waals surface area contributed by atoms with E-state index in [1.165, 1.54) is 0 Å². The second kappa shape index (κ2) is 14.9. The maximum Gasteiger partial charge on any atom is 0.311 e. The van der Waals surface area contributed by atoms with Crippen molar-refractivity contribution in [2.45, 2.75) is 174 Å². The molecule has 0 spiro atoms. The zero-order chi connectivity index (χ0) is 37.0. The quantitative estimate of drug-likeness (QED) is 0.347. The van der Waals surface area contributed by atoms with Crippen molar-refractivity contribution in [3.63, 3.8) is 0 Å². The van der Waals surface area contributed by atoms with Gasteiger partial charge in [0.2, 0.25) is 0 Å². The van der Waals surface area contributed by atoms with Crippen LogP contribution >= 0.6 is 0 Å². The standard InChI is InChI=1S/C37H65NO11/c1-18-16-37(11)32(48-34-27(39)25(38(12)13)15-19(2)44-34)21(4)29(47-26-17-36(10,43-14)31(41)23(6)45-26)22(5)33(42)46-24(7)35(8,9)30(40)20(3)28(18)49-37/h19-27,29-32,34,39-41H,15-17H2,1-14H3/t19-,20+,21+,22-,23+,24?,25?,26?,27?,29?,30?,31?,32?,34?,36-,37-/m1/s1. The van der Waals surface area contributed by atoms with Gasteiger partial charge >= 0.3 is 5.97 Å². The monoisotopic (exact) mass is 699 g/mol. The second-order valence-electron chi connectivity index (χ2n) is 16.7. The van der Waals surface area contributed by atoms with Crippen LogP contribution in [0.25, 0.3) is 0 Å². The number of aliphatic hydroxyl groups excluding tert-OH is 3. The number of rotatable bonds is 6. The van der Waals surface area contributed by atoms with Crippen LogP contribution in [0.5, 0.6) is 0 Å². The van der Waals surface area contributed by atoms with Gasteiger partial charge in [0.1, 0.15) is 35.8 Å². The maximum atomic E-state index is 14.1. The first-order valence-corrected chi connectivity index (χ1v) is 18.0. The van der Waals surface area contributed by atoms with Gasteiger partial charge in [0.25, 0.3) is 0 Å². The van der Waals surface area contributed by atoms with Crippen molar-refractivity contribution in [1.82, 2.24) is 4.90 Å². The topological polar surface area (TPSA) is 146 Å². The van der Waals surface area contributed by atoms with E-state index in [9.17, 15) is 20.1 Å². The van der Waals surface area contributed by atoms with Gasteiger partial charge in [-0.1, -0.05) is 27.7 Å². The molecule has 9 unspecified atom stereocenters. The van der Waals surface area contributed by atoms with E-state index in [-0.39, 0.29) is 18.6 Å². The molecule has 0 aromatic heterocycles. The third-order valence-corrected chi connectivity index (χ3v) is 12.2. The van der Waals surface area contributed by atoms with Crippen LogP contribution in [0.15, 0.2) is 11.3 Å². The average Bonchev–Trinajstić information content (AvgIpc) is 3.34. The van der Waals surface area contributed by atoms with Crippen LogP contribution in [-0.4, -0.2) is 126 Å². The van der Waals surface area contributed by atoms with Gasteiger partial charge in [0.15, 0.2) is 12.6 Å². The SMILES string of the molecule is CO[C@]1(C)CC(OC2[C@H](C)C(OC3O[C@H](C)CC(N(C)C)C3O)[C@@]3(C)CC(C)=C(O3)[C@H](C)C(O)C(C)(C)C(C)OC(=O)[C@@H]2C)O[C@@H](C)C1O. The normalized spacial score (nSPS) is 48.3. The number of cyclic esters (lactones) is 1. The highest BCUT2D eigenvalue weighted by Crippen LogP contribution is 2.48. The third-order valence-electron chi connectivity index (χ3n) is 12.2. The molecule has 0 aliphatic carbocycles. The molecule has 49 heavy (non-hydrogen) atoms. The lowest BCUT2D eigenvalue weighted by atomic mass is 9.75. The Balaban J connectivity index is 1.82. The Bertz CT molecular complexity index is 1190. The van der Waals surface area contributed by atoms with Crippen molar-refractivity contribution < 1.29 is 53.3 Å². The van der Waals surface area contributed by atoms with Crippen LogP contribution in [0.2, 0.25) is 0 Å². The minimum atomic E-state index is -0.994. The number of likely N-dealkylation sites (N-methyl/N-ethyl adjacent to an activating group) is 1. The summed E-state index contributed by atoms with van der Waals surface area (Å²) in [6.07, 6.45) is -6.30. The molecule has 284 valence electrons. The molecule has 3 saturated heterocycles. The molecular weight excluding hydrogens is 634 g/mol. The zero-order valence-corrected chi connectivity index (χ0v) is 32.3. The summed E-state index contributed by atoms with van der Waals surface area (Å²) in [5.41, 5.74) is -1.78. The van der Waals surface area contributed by atoms with Gasteiger partial charge in [-0.2, -0.15) is 0 Å². The molecule has 0 radical (unpaired) electrons. The number of fused-ring (bicyclic) bond motifs is 2. The molecule has 4 aliphatic rings. The van der Waals surface area contributed by atoms with Crippen molar-refractivity contribution in [3.8, 4) is 0 Å². The highest BCUT2D eigenvalue weighted by atomic mass is 16.7. The summed E-state index contributed by atoms with van der Waals surface area (Å²) >= 11 is 0. The number of ether oxygens (including phenoxy) is 7. The molecule has 0 amide bonds. The van der Waals surface area contributed by atoms with Crippen LogP contribution in [0.4, 0.5) is 0 Å². The number of carbonyl (C=O) groups excluding carboxylic acids is 1. The summed E-state index contributed by atoms with van der Waals surface area (Å²) in [4.78, 5) is 16.0. The number of aliphatic hydroxyl groups is 3. The summed E-state index contributed by atoms with van der Waals surface area (Å²) in [7, 11) is 5.40. The number of hydrogen-bond acceptors (Lipinski definition) is 12. The Morgan fingerprint density at radius 1 is 0.898 bits per heavy atom. The Morgan fingerprint density at radius 3 is 2.12 bits per heavy atom. The largest absolute Gasteiger partial charge is 0.489 e. The van der Waals surface area contributed by atoms with Crippen molar-refractivity contribution in [2.75, 3.05) is 21.2 Å². The summed E-state index contributed by atoms with van der Waals surface area (Å²) in [5.74, 6) is -1.60. The van der Waals surface area contributed by atoms with Crippen molar-refractivity contribution >= 4 is 5.97 Å². The molecule has 0 saturated carbocycles. The summed E-state index contributed by atoms with van der Waals surface area (Å²) < 4.78 is 44.9. The molecule has 12 nitrogen and oxygen atoms in total. The van der Waals surface area contributed by atoms with E-state index in [0.717, 1.165) is 5.57 Å². The smallest absolute Gasteiger partial charge is 0.311 e. The van der Waals surface area contributed by atoms with Crippen molar-refractivity contribution in [3.05, 3.63) is 11.3 Å². The predicted octanol–water partition coefficient (Wildman–Crippen LogP) is 3.78. The van der Waals surface area contributed by atoms with Crippen LogP contribution in [0.3, 0.4) is 0 Å². The first-order chi connectivity index (χ1) is 22.6. The molecule has 12 heteroatoms. The second-order valence-corrected chi connectivity index (χ2v) is 16.7. The lowest BCUT2D eigenvalue weighted by Crippen LogP contribution is -2.60. The molecule has 3 fully saturated rings. The molecule has 3 N–H and O–H groups in total. The van der Waals surface area contributed by atoms with E-state index in [4.69, 9.17) is 33.2 Å². The van der Waals surface area contributed by atoms with Crippen molar-refractivity contribution in [1.29, 1.82) is 0 Å². The van der Waals surface area contributed by atoms with Gasteiger partial charge in [-0.3, -0.25) is 4.79 Å². The Hall–Kier alpha value is -1.35. The fourth-order valence-corrected chi connectivity index (χ4v) is 8.49. The van der Waals surface area contributed by atoms with Gasteiger partial charge < -0.3 is 53.4 Å². The van der Waals surface area contributed by atoms with Gasteiger partial charge in [-0.25, -0.2) is 0 Å². The van der Waals surface area contributed by atoms with E-state index in [2.05, 4.69) is 0 Å². The lowest BCUT2D eigenvalue weighted by molar-refractivity contribution is -0.316. The number of methoxy groups -OCH3 is 1. The minimum absolute atomic E-state index is 0.186. The maximum absolute atomic E-state index is 14.1. The highest BCUT2D eigenvalue weighted by molar-refractivity contribution is 5.73. The highest BCUT2D eigenvalue weighted by Gasteiger charge is 2.55. The number of carbonyl (C=O) groups is 1. The first-order valence-electron chi connectivity index (χ1n) is 18.0. The minimum Gasteiger partial charge on any atom is -0.489 e. The first kappa shape index (κ1) is 40.4. The van der Waals surface area contributed by atoms with E-state index in [1.54, 1.807) is 27.9 Å². The molecule has 2 bridgehead atoms. The lowest BCUT2D eigenvalue weighted by Gasteiger charge is -2.48. The molecule has 4 heterocycles. The van der Waals surface area contributed by atoms with Crippen LogP contribution < -0.4 is 0 Å². The molecule has 4 aliphatic heterocycles. The van der Waals surface area contributed by atoms with Gasteiger partial charge in [-0.15, -0.1) is 0 Å². The van der Waals surface area contributed by atoms with Gasteiger partial charge in [0.05, 0.1) is 35.9 Å². The van der Waals surface area contributed by atoms with E-state index in [0.29, 0.717) is 18.6 Å². The van der Waals surface area contributed by atoms with E-state index in [1.807, 2.05) is 74.4 Å². The molecular formula is C37H65NO11. The summed E-state index contributed by atoms with van der Waals surface area (Å²) in [6.45, 7) is 20.7. The van der Waals surface area contributed by atoms with E-state index < -0.39 is 95.6 Å². The number of esters is 1. The molecule has 0 aromatic carbocycles. The Kier molecular flexibility index (Phi) is 12.3. The fourth-order valence-electron chi connectivity index (χ4n) is 8.49. The van der Waals surface area contributed by atoms with Crippen LogP contribution in [0.1, 0.15) is 95.4 Å².